The molecule has 2 aliphatic heterocycles. The Morgan fingerprint density at radius 2 is 1.73 bits per heavy atom. The van der Waals surface area contributed by atoms with Gasteiger partial charge in [-0.2, -0.15) is 0 Å². The lowest BCUT2D eigenvalue weighted by molar-refractivity contribution is -0.151. The van der Waals surface area contributed by atoms with Crippen molar-refractivity contribution in [2.24, 2.45) is 5.16 Å². The number of nitrogen functional groups attached to an aromatic ring is 1. The van der Waals surface area contributed by atoms with Crippen LogP contribution in [0.3, 0.4) is 0 Å². The highest BCUT2D eigenvalue weighted by molar-refractivity contribution is 8.01. The molecule has 19 nitrogen and oxygen atoms in total. The highest BCUT2D eigenvalue weighted by Gasteiger charge is 2.54. The summed E-state index contributed by atoms with van der Waals surface area (Å²) in [7, 11) is 0. The standard InChI is InChI=1S/C36H30N6O13S4/c1-15(43)53-21-9-8-18(10-22(21)54-16(2)44)25-23(11-24(45)46)59-36(40-25)58-13-19-12-56-32-27(31(48)42(32)28(19)33(49)50)39-30(47)26(20-14-57-35(37)38-20)41-55-29(34(51)52)17-6-4-3-5-7-17/h3-10,14,27,29,32H,11-13H2,1-2H3,(H2,37,38)(H,39,47)(H,45,46)(H,49,50)(H,51,52)/t27-,29?,32+/m1/s1. The number of rotatable bonds is 16. The van der Waals surface area contributed by atoms with E-state index in [1.54, 1.807) is 18.2 Å². The molecule has 59 heavy (non-hydrogen) atoms. The van der Waals surface area contributed by atoms with Crippen LogP contribution in [0.2, 0.25) is 0 Å². The van der Waals surface area contributed by atoms with Crippen molar-refractivity contribution in [3.05, 3.63) is 81.3 Å². The molecule has 0 spiro atoms. The Labute approximate surface area is 349 Å². The minimum atomic E-state index is -1.59. The molecule has 4 heterocycles. The van der Waals surface area contributed by atoms with Crippen LogP contribution in [0.25, 0.3) is 11.3 Å². The first-order valence-electron chi connectivity index (χ1n) is 16.9. The summed E-state index contributed by atoms with van der Waals surface area (Å²) in [6.07, 6.45) is -2.01. The van der Waals surface area contributed by atoms with Crippen LogP contribution in [0.1, 0.15) is 36.1 Å². The Bertz CT molecular complexity index is 2430. The van der Waals surface area contributed by atoms with Crippen molar-refractivity contribution < 1.29 is 63.2 Å². The predicted octanol–water partition coefficient (Wildman–Crippen LogP) is 3.40. The van der Waals surface area contributed by atoms with Gasteiger partial charge in [0.2, 0.25) is 6.10 Å². The average Bonchev–Trinajstić information content (AvgIpc) is 3.79. The number of carbonyl (C=O) groups excluding carboxylic acids is 4. The third kappa shape index (κ3) is 9.71. The molecule has 2 aromatic carbocycles. The van der Waals surface area contributed by atoms with Crippen molar-refractivity contribution in [1.82, 2.24) is 20.2 Å². The Balaban J connectivity index is 1.20. The van der Waals surface area contributed by atoms with Crippen LogP contribution in [-0.2, 0) is 44.8 Å². The molecule has 1 saturated heterocycles. The summed E-state index contributed by atoms with van der Waals surface area (Å²) in [5.74, 6) is -6.93. The molecule has 0 radical (unpaired) electrons. The number of hydrogen-bond acceptors (Lipinski definition) is 18. The summed E-state index contributed by atoms with van der Waals surface area (Å²) < 4.78 is 10.7. The smallest absolute Gasteiger partial charge is 0.352 e. The molecule has 3 atom stereocenters. The van der Waals surface area contributed by atoms with Crippen molar-refractivity contribution in [1.29, 1.82) is 0 Å². The van der Waals surface area contributed by atoms with Crippen LogP contribution in [0, 0.1) is 0 Å². The first-order valence-corrected chi connectivity index (χ1v) is 20.6. The van der Waals surface area contributed by atoms with Gasteiger partial charge >= 0.3 is 29.8 Å². The van der Waals surface area contributed by atoms with Crippen molar-refractivity contribution in [2.45, 2.75) is 42.1 Å². The van der Waals surface area contributed by atoms with Gasteiger partial charge in [-0.1, -0.05) is 47.2 Å². The van der Waals surface area contributed by atoms with E-state index in [0.717, 1.165) is 46.3 Å². The number of carboxylic acid groups (broad SMARTS) is 3. The number of fused-ring (bicyclic) bond motifs is 1. The van der Waals surface area contributed by atoms with E-state index in [1.165, 1.54) is 54.4 Å². The molecule has 6 rings (SSSR count). The zero-order chi connectivity index (χ0) is 42.5. The minimum absolute atomic E-state index is 0.0374. The van der Waals surface area contributed by atoms with Gasteiger partial charge in [-0.05, 0) is 23.8 Å². The van der Waals surface area contributed by atoms with Crippen LogP contribution in [0.5, 0.6) is 11.5 Å². The number of nitrogens with one attached hydrogen (secondary N) is 1. The van der Waals surface area contributed by atoms with E-state index >= 15 is 0 Å². The maximum atomic E-state index is 13.6. The molecule has 23 heteroatoms. The third-order valence-electron chi connectivity index (χ3n) is 8.18. The van der Waals surface area contributed by atoms with Gasteiger partial charge in [0.15, 0.2) is 26.7 Å². The van der Waals surface area contributed by atoms with Gasteiger partial charge in [-0.25, -0.2) is 19.6 Å². The maximum absolute atomic E-state index is 13.6. The van der Waals surface area contributed by atoms with E-state index < -0.39 is 71.3 Å². The fraction of sp³-hybridized carbons (Fsp3) is 0.222. The quantitative estimate of drug-likeness (QED) is 0.0269. The normalized spacial score (nSPS) is 16.7. The van der Waals surface area contributed by atoms with E-state index in [0.29, 0.717) is 20.4 Å². The summed E-state index contributed by atoms with van der Waals surface area (Å²) in [5.41, 5.74) is 6.17. The van der Waals surface area contributed by atoms with Crippen LogP contribution >= 0.6 is 46.2 Å². The zero-order valence-corrected chi connectivity index (χ0v) is 33.7. The number of esters is 2. The SMILES string of the molecule is CC(=O)Oc1ccc(-c2nc(SCC3=C(C(=O)O)N4C(=O)[C@@H](NC(=O)C(=NOC(C(=O)O)c5ccccc5)c5csc(N)n5)[C@@H]4SC3)sc2CC(=O)O)cc1OC(C)=O. The van der Waals surface area contributed by atoms with Gasteiger partial charge in [-0.3, -0.25) is 28.9 Å². The summed E-state index contributed by atoms with van der Waals surface area (Å²) in [6.45, 7) is 2.33. The number of hydrogen-bond donors (Lipinski definition) is 5. The van der Waals surface area contributed by atoms with E-state index in [9.17, 15) is 48.9 Å². The first kappa shape index (κ1) is 42.3. The highest BCUT2D eigenvalue weighted by Crippen LogP contribution is 2.43. The molecule has 1 unspecified atom stereocenters. The molecule has 2 aromatic heterocycles. The number of oxime groups is 1. The molecule has 0 aliphatic carbocycles. The van der Waals surface area contributed by atoms with Crippen LogP contribution in [0.4, 0.5) is 5.13 Å². The Morgan fingerprint density at radius 3 is 2.36 bits per heavy atom. The molecular weight excluding hydrogens is 853 g/mol. The number of nitrogens with zero attached hydrogens (tertiary/aromatic N) is 4. The largest absolute Gasteiger partial charge is 0.481 e. The topological polar surface area (TPSA) is 287 Å². The first-order chi connectivity index (χ1) is 28.1. The van der Waals surface area contributed by atoms with Gasteiger partial charge in [0.1, 0.15) is 22.8 Å². The highest BCUT2D eigenvalue weighted by atomic mass is 32.2. The van der Waals surface area contributed by atoms with Gasteiger partial charge in [0.05, 0.1) is 12.1 Å². The van der Waals surface area contributed by atoms with Gasteiger partial charge < -0.3 is 40.7 Å². The number of carbonyl (C=O) groups is 7. The monoisotopic (exact) mass is 882 g/mol. The van der Waals surface area contributed by atoms with Crippen LogP contribution in [0.15, 0.2) is 74.7 Å². The number of nitrogens with two attached hydrogens (primary N) is 1. The summed E-state index contributed by atoms with van der Waals surface area (Å²) in [4.78, 5) is 102. The van der Waals surface area contributed by atoms with Gasteiger partial charge in [0.25, 0.3) is 11.8 Å². The number of ether oxygens (including phenoxy) is 2. The average molecular weight is 883 g/mol. The fourth-order valence-electron chi connectivity index (χ4n) is 5.74. The van der Waals surface area contributed by atoms with Crippen molar-refractivity contribution in [2.75, 3.05) is 17.2 Å². The second-order valence-corrected chi connectivity index (χ2v) is 16.6. The van der Waals surface area contributed by atoms with E-state index in [2.05, 4.69) is 20.4 Å². The second kappa shape index (κ2) is 18.1. The number of benzene rings is 2. The molecule has 0 saturated carbocycles. The molecule has 2 amide bonds. The molecule has 2 aliphatic rings. The Kier molecular flexibility index (Phi) is 13.0. The number of carboxylic acids is 3. The molecule has 6 N–H and O–H groups in total. The molecule has 306 valence electrons. The third-order valence-corrected chi connectivity index (χ3v) is 12.5. The lowest BCUT2D eigenvalue weighted by atomic mass is 10.0. The molecular formula is C36H30N6O13S4. The van der Waals surface area contributed by atoms with Gasteiger partial charge in [0, 0.05) is 46.7 Å². The zero-order valence-electron chi connectivity index (χ0n) is 30.5. The maximum Gasteiger partial charge on any atom is 0.352 e. The van der Waals surface area contributed by atoms with E-state index in [4.69, 9.17) is 20.0 Å². The number of thiazole rings is 2. The molecule has 4 aromatic rings. The fourth-order valence-corrected chi connectivity index (χ4v) is 9.97. The number of thioether (sulfide) groups is 2. The van der Waals surface area contributed by atoms with Gasteiger partial charge in [-0.15, -0.1) is 34.4 Å². The molecule has 1 fully saturated rings. The lowest BCUT2D eigenvalue weighted by Crippen LogP contribution is -2.71. The van der Waals surface area contributed by atoms with Crippen molar-refractivity contribution >= 4 is 98.7 Å². The summed E-state index contributed by atoms with van der Waals surface area (Å²) in [5, 5.41) is 36.7. The number of aromatic nitrogens is 2. The Hall–Kier alpha value is -6.30. The summed E-state index contributed by atoms with van der Waals surface area (Å²) >= 11 is 4.33. The predicted molar refractivity (Wildman–Crippen MR) is 213 cm³/mol. The van der Waals surface area contributed by atoms with Crippen molar-refractivity contribution in [3.63, 3.8) is 0 Å². The summed E-state index contributed by atoms with van der Waals surface area (Å²) in [6, 6.07) is 10.9. The van der Waals surface area contributed by atoms with E-state index in [1.807, 2.05) is 0 Å². The number of aliphatic carboxylic acids is 3. The number of β-lactam (4-membered cyclic amide) rings is 1. The second-order valence-electron chi connectivity index (χ2n) is 12.3. The molecule has 0 bridgehead atoms. The van der Waals surface area contributed by atoms with Crippen LogP contribution in [-0.4, -0.2) is 100 Å². The van der Waals surface area contributed by atoms with E-state index in [-0.39, 0.29) is 50.8 Å². The number of amides is 2. The number of anilines is 1. The minimum Gasteiger partial charge on any atom is -0.481 e. The van der Waals surface area contributed by atoms with Crippen LogP contribution < -0.4 is 20.5 Å². The van der Waals surface area contributed by atoms with Crippen molar-refractivity contribution in [3.8, 4) is 22.8 Å². The lowest BCUT2D eigenvalue weighted by Gasteiger charge is -2.49. The Morgan fingerprint density at radius 1 is 1.02 bits per heavy atom.